The molecule has 0 radical (unpaired) electrons. The first-order chi connectivity index (χ1) is 13.6. The van der Waals surface area contributed by atoms with E-state index in [2.05, 4.69) is 0 Å². The van der Waals surface area contributed by atoms with Crippen LogP contribution in [-0.4, -0.2) is 26.1 Å². The zero-order chi connectivity index (χ0) is 21.6. The number of hydrogen-bond acceptors (Lipinski definition) is 3. The number of alkyl halides is 2. The van der Waals surface area contributed by atoms with Crippen LogP contribution in [-0.2, 0) is 0 Å². The van der Waals surface area contributed by atoms with Gasteiger partial charge in [0.05, 0.1) is 19.8 Å². The second-order valence-electron chi connectivity index (χ2n) is 7.78. The van der Waals surface area contributed by atoms with Crippen molar-refractivity contribution in [2.45, 2.75) is 32.6 Å². The zero-order valence-electron chi connectivity index (χ0n) is 16.8. The van der Waals surface area contributed by atoms with Crippen molar-refractivity contribution < 1.29 is 27.0 Å². The molecule has 3 rings (SSSR count). The maximum absolute atomic E-state index is 16.2. The van der Waals surface area contributed by atoms with Crippen molar-refractivity contribution in [2.75, 3.05) is 14.2 Å². The molecule has 1 aromatic carbocycles. The molecule has 0 N–H and O–H groups in total. The minimum atomic E-state index is -2.90. The lowest BCUT2D eigenvalue weighted by molar-refractivity contribution is 0.0120. The maximum Gasteiger partial charge on any atom is 0.191 e. The molecule has 7 heteroatoms. The van der Waals surface area contributed by atoms with Crippen LogP contribution in [0.3, 0.4) is 0 Å². The molecular formula is C22H22F4O2S. The van der Waals surface area contributed by atoms with E-state index in [4.69, 9.17) is 9.47 Å². The monoisotopic (exact) mass is 426 g/mol. The predicted molar refractivity (Wildman–Crippen MR) is 108 cm³/mol. The van der Waals surface area contributed by atoms with Gasteiger partial charge in [-0.1, -0.05) is 26.8 Å². The summed E-state index contributed by atoms with van der Waals surface area (Å²) in [5, 5.41) is 1.63. The molecule has 0 bridgehead atoms. The molecule has 0 aliphatic heterocycles. The summed E-state index contributed by atoms with van der Waals surface area (Å²) in [5.74, 6) is -2.24. The van der Waals surface area contributed by atoms with Crippen LogP contribution in [0.25, 0.3) is 11.1 Å². The van der Waals surface area contributed by atoms with E-state index >= 15 is 17.6 Å². The molecule has 2 aromatic rings. The highest BCUT2D eigenvalue weighted by atomic mass is 32.1. The Labute approximate surface area is 171 Å². The molecule has 0 fully saturated rings. The summed E-state index contributed by atoms with van der Waals surface area (Å²) in [6, 6.07) is 7.45. The Balaban J connectivity index is 2.39. The third-order valence-corrected chi connectivity index (χ3v) is 6.04. The Bertz CT molecular complexity index is 973. The lowest BCUT2D eigenvalue weighted by Gasteiger charge is -2.43. The maximum atomic E-state index is 16.2. The van der Waals surface area contributed by atoms with Crippen molar-refractivity contribution in [3.8, 4) is 11.5 Å². The van der Waals surface area contributed by atoms with E-state index in [1.807, 2.05) is 0 Å². The van der Waals surface area contributed by atoms with Gasteiger partial charge in [-0.25, -0.2) is 17.6 Å². The van der Waals surface area contributed by atoms with Gasteiger partial charge in [-0.05, 0) is 29.6 Å². The van der Waals surface area contributed by atoms with Crippen molar-refractivity contribution in [2.24, 2.45) is 5.41 Å². The van der Waals surface area contributed by atoms with Crippen LogP contribution >= 0.6 is 11.3 Å². The van der Waals surface area contributed by atoms with Crippen molar-refractivity contribution in [1.29, 1.82) is 0 Å². The van der Waals surface area contributed by atoms with Gasteiger partial charge in [-0.2, -0.15) is 0 Å². The van der Waals surface area contributed by atoms with E-state index < -0.39 is 40.1 Å². The van der Waals surface area contributed by atoms with Gasteiger partial charge >= 0.3 is 0 Å². The lowest BCUT2D eigenvalue weighted by atomic mass is 9.66. The highest BCUT2D eigenvalue weighted by Crippen LogP contribution is 2.58. The molecular weight excluding hydrogens is 404 g/mol. The molecule has 1 aliphatic rings. The third-order valence-electron chi connectivity index (χ3n) is 5.15. The van der Waals surface area contributed by atoms with Gasteiger partial charge in [0.1, 0.15) is 23.2 Å². The Kier molecular flexibility index (Phi) is 5.56. The summed E-state index contributed by atoms with van der Waals surface area (Å²) >= 11 is 1.06. The third kappa shape index (κ3) is 3.25. The molecule has 1 aliphatic carbocycles. The second-order valence-corrected chi connectivity index (χ2v) is 8.73. The molecule has 2 nitrogen and oxygen atoms in total. The predicted octanol–water partition coefficient (Wildman–Crippen LogP) is 6.93. The minimum absolute atomic E-state index is 0.0467. The van der Waals surface area contributed by atoms with Crippen molar-refractivity contribution in [3.63, 3.8) is 0 Å². The number of halogens is 4. The fourth-order valence-corrected chi connectivity index (χ4v) is 4.35. The molecule has 0 saturated heterocycles. The number of thiophene rings is 1. The average Bonchev–Trinajstić information content (AvgIpc) is 3.19. The molecule has 2 unspecified atom stereocenters. The molecule has 1 heterocycles. The molecule has 0 spiro atoms. The van der Waals surface area contributed by atoms with E-state index in [9.17, 15) is 0 Å². The molecule has 0 amide bonds. The first-order valence-electron chi connectivity index (χ1n) is 8.97. The van der Waals surface area contributed by atoms with Gasteiger partial charge in [0.2, 0.25) is 0 Å². The number of methoxy groups -OCH3 is 2. The van der Waals surface area contributed by atoms with Gasteiger partial charge in [-0.3, -0.25) is 0 Å². The summed E-state index contributed by atoms with van der Waals surface area (Å²) < 4.78 is 73.1. The van der Waals surface area contributed by atoms with Crippen molar-refractivity contribution in [3.05, 3.63) is 57.8 Å². The number of ether oxygens (including phenoxy) is 2. The van der Waals surface area contributed by atoms with Crippen LogP contribution in [0.15, 0.2) is 47.4 Å². The van der Waals surface area contributed by atoms with E-state index in [0.717, 1.165) is 11.3 Å². The summed E-state index contributed by atoms with van der Waals surface area (Å²) in [6.07, 6.45) is -2.69. The number of rotatable bonds is 4. The van der Waals surface area contributed by atoms with Crippen LogP contribution in [0.5, 0.6) is 11.5 Å². The Morgan fingerprint density at radius 1 is 1.07 bits per heavy atom. The number of hydrogen-bond donors (Lipinski definition) is 0. The van der Waals surface area contributed by atoms with Gasteiger partial charge in [0.15, 0.2) is 11.8 Å². The molecule has 2 atom stereocenters. The van der Waals surface area contributed by atoms with Gasteiger partial charge in [-0.15, -0.1) is 11.3 Å². The van der Waals surface area contributed by atoms with Gasteiger partial charge < -0.3 is 9.47 Å². The van der Waals surface area contributed by atoms with Crippen LogP contribution in [0, 0.1) is 5.41 Å². The quantitative estimate of drug-likeness (QED) is 0.494. The van der Waals surface area contributed by atoms with E-state index in [1.165, 1.54) is 53.2 Å². The molecule has 29 heavy (non-hydrogen) atoms. The Morgan fingerprint density at radius 2 is 1.76 bits per heavy atom. The van der Waals surface area contributed by atoms with Crippen LogP contribution < -0.4 is 9.47 Å². The van der Waals surface area contributed by atoms with Crippen molar-refractivity contribution >= 4 is 22.5 Å². The molecule has 1 aromatic heterocycles. The van der Waals surface area contributed by atoms with E-state index in [1.54, 1.807) is 17.5 Å². The summed E-state index contributed by atoms with van der Waals surface area (Å²) in [4.78, 5) is 0.203. The zero-order valence-corrected chi connectivity index (χ0v) is 17.6. The fraction of sp³-hybridized carbons (Fsp3) is 0.364. The van der Waals surface area contributed by atoms with E-state index in [-0.39, 0.29) is 16.2 Å². The molecule has 156 valence electrons. The number of allylic oxidation sites excluding steroid dienone is 4. The van der Waals surface area contributed by atoms with Crippen LogP contribution in [0.4, 0.5) is 17.6 Å². The molecule has 0 saturated carbocycles. The van der Waals surface area contributed by atoms with Crippen molar-refractivity contribution in [1.82, 2.24) is 0 Å². The topological polar surface area (TPSA) is 18.5 Å². The standard InChI is InChI=1S/C22H22F4O2S/c1-21(2,3)22(26)17(15-7-6-10-29-15)18(23)16(19(24)20(22)25)13-11-12(27-4)8-9-14(13)28-5/h6-11,20H,1-5H3. The van der Waals surface area contributed by atoms with Gasteiger partial charge in [0.25, 0.3) is 0 Å². The average molecular weight is 426 g/mol. The van der Waals surface area contributed by atoms with Crippen LogP contribution in [0.1, 0.15) is 31.2 Å². The Hall–Kier alpha value is -2.28. The van der Waals surface area contributed by atoms with Gasteiger partial charge in [0, 0.05) is 21.4 Å². The SMILES string of the molecule is COc1ccc(OC)c(C2=C(F)C(F)C(F)(C(C)(C)C)C(c3cccs3)=C2F)c1. The minimum Gasteiger partial charge on any atom is -0.497 e. The normalized spacial score (nSPS) is 22.9. The first-order valence-corrected chi connectivity index (χ1v) is 9.85. The highest BCUT2D eigenvalue weighted by Gasteiger charge is 2.59. The first kappa shape index (κ1) is 21.4. The van der Waals surface area contributed by atoms with E-state index in [0.29, 0.717) is 5.75 Å². The lowest BCUT2D eigenvalue weighted by Crippen LogP contribution is -2.50. The largest absolute Gasteiger partial charge is 0.497 e. The second kappa shape index (κ2) is 7.52. The highest BCUT2D eigenvalue weighted by molar-refractivity contribution is 7.11. The summed E-state index contributed by atoms with van der Waals surface area (Å²) in [7, 11) is 2.72. The van der Waals surface area contributed by atoms with Crippen LogP contribution in [0.2, 0.25) is 0 Å². The fourth-order valence-electron chi connectivity index (χ4n) is 3.54. The summed E-state index contributed by atoms with van der Waals surface area (Å²) in [5.41, 5.74) is -5.51. The summed E-state index contributed by atoms with van der Waals surface area (Å²) in [6.45, 7) is 4.26. The smallest absolute Gasteiger partial charge is 0.191 e. The Morgan fingerprint density at radius 3 is 2.28 bits per heavy atom. The number of benzene rings is 1.